The second-order valence-electron chi connectivity index (χ2n) is 15.1. The van der Waals surface area contributed by atoms with Gasteiger partial charge in [-0.2, -0.15) is 0 Å². The molecule has 2 unspecified atom stereocenters. The van der Waals surface area contributed by atoms with E-state index in [1.54, 1.807) is 0 Å². The van der Waals surface area contributed by atoms with Gasteiger partial charge >= 0.3 is 21.1 Å². The van der Waals surface area contributed by atoms with Crippen LogP contribution in [0.1, 0.15) is 73.3 Å². The summed E-state index contributed by atoms with van der Waals surface area (Å²) in [6.45, 7) is 7.19. The van der Waals surface area contributed by atoms with Gasteiger partial charge in [0.15, 0.2) is 0 Å². The van der Waals surface area contributed by atoms with Crippen molar-refractivity contribution in [2.24, 2.45) is 5.41 Å². The van der Waals surface area contributed by atoms with Crippen molar-refractivity contribution in [3.63, 3.8) is 0 Å². The molecule has 0 amide bonds. The summed E-state index contributed by atoms with van der Waals surface area (Å²) < 4.78 is 0. The molecule has 0 aliphatic heterocycles. The largest absolute Gasteiger partial charge is 2.00 e. The standard InChI is InChI=1S/C34H29N4.C12H8N.Pt/c1-32(2)25-18-19-33(32,3)31-29(25)30(37-38-31)26-15-10-17-28(36-26)34(27-16-8-9-20-35-27)23-13-6-4-11-21(23)22-12-5-7-14-24(22)34;1-3-7-11-9(5-1)10-6-2-4-8-12(10)13-11;/h4-17,20,25H,18-19H2,1-3H3;1-8H;/q2*-1;+2. The predicted octanol–water partition coefficient (Wildman–Crippen LogP) is 9.98. The molecule has 2 bridgehead atoms. The molecule has 52 heavy (non-hydrogen) atoms. The van der Waals surface area contributed by atoms with E-state index in [1.165, 1.54) is 57.1 Å². The maximum atomic E-state index is 5.43. The van der Waals surface area contributed by atoms with Gasteiger partial charge in [-0.15, -0.1) is 11.0 Å². The molecule has 5 nitrogen and oxygen atoms in total. The van der Waals surface area contributed by atoms with Crippen molar-refractivity contribution in [1.29, 1.82) is 0 Å². The van der Waals surface area contributed by atoms with E-state index in [0.717, 1.165) is 33.8 Å². The van der Waals surface area contributed by atoms with Crippen molar-refractivity contribution in [2.45, 2.75) is 50.4 Å². The zero-order valence-electron chi connectivity index (χ0n) is 29.3. The van der Waals surface area contributed by atoms with Crippen LogP contribution in [0.15, 0.2) is 140 Å². The molecule has 0 saturated heterocycles. The van der Waals surface area contributed by atoms with Crippen LogP contribution in [0.25, 0.3) is 44.3 Å². The van der Waals surface area contributed by atoms with Crippen molar-refractivity contribution in [3.8, 4) is 22.5 Å². The van der Waals surface area contributed by atoms with Crippen molar-refractivity contribution in [2.75, 3.05) is 0 Å². The van der Waals surface area contributed by atoms with Crippen LogP contribution in [0.4, 0.5) is 0 Å². The van der Waals surface area contributed by atoms with E-state index in [4.69, 9.17) is 20.2 Å². The van der Waals surface area contributed by atoms with Gasteiger partial charge in [-0.05, 0) is 87.0 Å². The maximum absolute atomic E-state index is 5.43. The first kappa shape index (κ1) is 32.8. The molecule has 0 spiro atoms. The molecule has 3 aliphatic rings. The summed E-state index contributed by atoms with van der Waals surface area (Å²) in [5.41, 5.74) is 13.1. The molecule has 4 aromatic heterocycles. The first-order valence-electron chi connectivity index (χ1n) is 18.0. The summed E-state index contributed by atoms with van der Waals surface area (Å²) in [5, 5.41) is 12.1. The summed E-state index contributed by atoms with van der Waals surface area (Å²) >= 11 is 0. The Kier molecular flexibility index (Phi) is 7.54. The van der Waals surface area contributed by atoms with Crippen LogP contribution in [-0.4, -0.2) is 15.1 Å². The fourth-order valence-corrected chi connectivity index (χ4v) is 9.68. The molecule has 256 valence electrons. The molecule has 4 aromatic carbocycles. The van der Waals surface area contributed by atoms with E-state index >= 15 is 0 Å². The Hall–Kier alpha value is -5.12. The third kappa shape index (κ3) is 4.35. The Bertz CT molecular complexity index is 2520. The summed E-state index contributed by atoms with van der Waals surface area (Å²) in [7, 11) is 0. The topological polar surface area (TPSA) is 66.9 Å². The van der Waals surface area contributed by atoms with E-state index in [0.29, 0.717) is 5.92 Å². The van der Waals surface area contributed by atoms with E-state index in [1.807, 2.05) is 24.4 Å². The van der Waals surface area contributed by atoms with Gasteiger partial charge in [0.05, 0.1) is 17.1 Å². The van der Waals surface area contributed by atoms with Gasteiger partial charge in [0.25, 0.3) is 0 Å². The molecule has 0 radical (unpaired) electrons. The molecule has 11 rings (SSSR count). The first-order chi connectivity index (χ1) is 24.9. The quantitative estimate of drug-likeness (QED) is 0.177. The molecular weight excluding hydrogens is 818 g/mol. The average molecular weight is 855 g/mol. The third-order valence-electron chi connectivity index (χ3n) is 12.6. The number of pyridine rings is 2. The van der Waals surface area contributed by atoms with Crippen molar-refractivity contribution in [1.82, 2.24) is 25.1 Å². The monoisotopic (exact) mass is 854 g/mol. The number of rotatable bonds is 3. The first-order valence-corrected chi connectivity index (χ1v) is 18.0. The Morgan fingerprint density at radius 1 is 0.635 bits per heavy atom. The van der Waals surface area contributed by atoms with Crippen LogP contribution >= 0.6 is 0 Å². The molecule has 3 aliphatic carbocycles. The fraction of sp³-hybridized carbons (Fsp3) is 0.196. The number of hydrogen-bond acceptors (Lipinski definition) is 3. The SMILES string of the molecule is CC12CCC(c3c1n[n-]c3-c1cccc(C3(c4ccccn4)c4ccccc4-c4ccccc43)n1)C2(C)C.[Pt+2].c1ccc2c(c1)[n-]c1ccccc12. The summed E-state index contributed by atoms with van der Waals surface area (Å²) in [6.07, 6.45) is 4.26. The zero-order valence-corrected chi connectivity index (χ0v) is 31.6. The number of nitrogens with zero attached hydrogens (tertiary/aromatic N) is 5. The van der Waals surface area contributed by atoms with Gasteiger partial charge in [0.1, 0.15) is 5.41 Å². The maximum Gasteiger partial charge on any atom is 2.00 e. The molecule has 1 fully saturated rings. The van der Waals surface area contributed by atoms with E-state index < -0.39 is 5.41 Å². The van der Waals surface area contributed by atoms with E-state index in [-0.39, 0.29) is 31.9 Å². The Labute approximate surface area is 318 Å². The van der Waals surface area contributed by atoms with Crippen LogP contribution in [-0.2, 0) is 31.9 Å². The van der Waals surface area contributed by atoms with Crippen molar-refractivity contribution >= 4 is 21.8 Å². The van der Waals surface area contributed by atoms with Gasteiger partial charge in [-0.3, -0.25) is 9.97 Å². The van der Waals surface area contributed by atoms with E-state index in [2.05, 4.69) is 141 Å². The molecule has 8 aromatic rings. The predicted molar refractivity (Wildman–Crippen MR) is 204 cm³/mol. The Morgan fingerprint density at radius 3 is 1.88 bits per heavy atom. The second-order valence-corrected chi connectivity index (χ2v) is 15.1. The van der Waals surface area contributed by atoms with E-state index in [9.17, 15) is 0 Å². The molecule has 0 N–H and O–H groups in total. The molecule has 4 heterocycles. The second kappa shape index (κ2) is 12.0. The number of benzene rings is 4. The van der Waals surface area contributed by atoms with Gasteiger partial charge in [-0.25, -0.2) is 0 Å². The number of hydrogen-bond donors (Lipinski definition) is 0. The fourth-order valence-electron chi connectivity index (χ4n) is 9.68. The van der Waals surface area contributed by atoms with Gasteiger partial charge in [0, 0.05) is 17.3 Å². The van der Waals surface area contributed by atoms with Crippen molar-refractivity contribution < 1.29 is 21.1 Å². The molecule has 6 heteroatoms. The summed E-state index contributed by atoms with van der Waals surface area (Å²) in [5.74, 6) is 0.468. The van der Waals surface area contributed by atoms with Gasteiger partial charge in [-0.1, -0.05) is 136 Å². The van der Waals surface area contributed by atoms with Crippen LogP contribution in [0, 0.1) is 5.41 Å². The van der Waals surface area contributed by atoms with Gasteiger partial charge < -0.3 is 15.2 Å². The average Bonchev–Trinajstić information content (AvgIpc) is 3.94. The third-order valence-corrected chi connectivity index (χ3v) is 12.6. The summed E-state index contributed by atoms with van der Waals surface area (Å²) in [6, 6.07) is 46.5. The molecule has 1 saturated carbocycles. The van der Waals surface area contributed by atoms with Crippen LogP contribution in [0.5, 0.6) is 0 Å². The minimum Gasteiger partial charge on any atom is -0.657 e. The van der Waals surface area contributed by atoms with Crippen LogP contribution < -0.4 is 10.1 Å². The normalized spacial score (nSPS) is 19.7. The number of para-hydroxylation sites is 2. The smallest absolute Gasteiger partial charge is 0.657 e. The minimum absolute atomic E-state index is 0. The number of fused-ring (bicyclic) bond motifs is 11. The Morgan fingerprint density at radius 2 is 1.23 bits per heavy atom. The number of aromatic nitrogens is 5. The van der Waals surface area contributed by atoms with Crippen LogP contribution in [0.2, 0.25) is 0 Å². The molecular formula is C46H37N5Pt. The molecule has 2 atom stereocenters. The summed E-state index contributed by atoms with van der Waals surface area (Å²) in [4.78, 5) is 14.9. The zero-order chi connectivity index (χ0) is 34.4. The minimum atomic E-state index is -0.613. The Balaban J connectivity index is 0.000000216. The van der Waals surface area contributed by atoms with Crippen molar-refractivity contribution in [3.05, 3.63) is 173 Å². The van der Waals surface area contributed by atoms with Gasteiger partial charge in [0.2, 0.25) is 0 Å². The van der Waals surface area contributed by atoms with Crippen LogP contribution in [0.3, 0.4) is 0 Å².